The molecule has 1 fully saturated rings. The van der Waals surface area contributed by atoms with Gasteiger partial charge in [-0.3, -0.25) is 4.79 Å². The van der Waals surface area contributed by atoms with E-state index in [1.165, 1.54) is 11.3 Å². The second kappa shape index (κ2) is 3.08. The Hall–Kier alpha value is -0.380. The summed E-state index contributed by atoms with van der Waals surface area (Å²) in [6.45, 7) is 0.445. The van der Waals surface area contributed by atoms with E-state index in [2.05, 4.69) is 0 Å². The van der Waals surface area contributed by atoms with E-state index in [1.54, 1.807) is 6.07 Å². The molecule has 0 spiro atoms. The third-order valence-corrected chi connectivity index (χ3v) is 3.89. The first-order valence-corrected chi connectivity index (χ1v) is 5.43. The molecule has 1 heterocycles. The van der Waals surface area contributed by atoms with E-state index in [1.807, 2.05) is 5.38 Å². The van der Waals surface area contributed by atoms with Crippen LogP contribution >= 0.6 is 22.9 Å². The molecule has 2 nitrogen and oxygen atoms in total. The van der Waals surface area contributed by atoms with Crippen LogP contribution in [0.5, 0.6) is 0 Å². The average molecular weight is 216 g/mol. The zero-order valence-electron chi connectivity index (χ0n) is 7.05. The highest BCUT2D eigenvalue weighted by atomic mass is 35.5. The Morgan fingerprint density at radius 3 is 2.77 bits per heavy atom. The van der Waals surface area contributed by atoms with E-state index in [0.717, 1.165) is 12.8 Å². The van der Waals surface area contributed by atoms with Crippen molar-refractivity contribution in [2.45, 2.75) is 12.8 Å². The van der Waals surface area contributed by atoms with Crippen molar-refractivity contribution in [2.24, 2.45) is 11.1 Å². The first-order chi connectivity index (χ1) is 6.19. The van der Waals surface area contributed by atoms with Crippen LogP contribution in [-0.2, 0) is 0 Å². The topological polar surface area (TPSA) is 43.1 Å². The Balaban J connectivity index is 2.28. The summed E-state index contributed by atoms with van der Waals surface area (Å²) in [6, 6.07) is 1.76. The van der Waals surface area contributed by atoms with E-state index in [4.69, 9.17) is 17.3 Å². The van der Waals surface area contributed by atoms with Crippen LogP contribution in [-0.4, -0.2) is 12.3 Å². The summed E-state index contributed by atoms with van der Waals surface area (Å²) in [7, 11) is 0. The van der Waals surface area contributed by atoms with Crippen LogP contribution in [0.3, 0.4) is 0 Å². The predicted octanol–water partition coefficient (Wildman–Crippen LogP) is 2.32. The highest BCUT2D eigenvalue weighted by Gasteiger charge is 2.49. The number of halogens is 1. The van der Waals surface area contributed by atoms with Crippen LogP contribution < -0.4 is 5.73 Å². The molecule has 0 aliphatic heterocycles. The quantitative estimate of drug-likeness (QED) is 0.787. The summed E-state index contributed by atoms with van der Waals surface area (Å²) >= 11 is 7.28. The van der Waals surface area contributed by atoms with Crippen LogP contribution in [0.1, 0.15) is 22.5 Å². The lowest BCUT2D eigenvalue weighted by Gasteiger charge is -2.08. The lowest BCUT2D eigenvalue weighted by molar-refractivity contribution is 0.0910. The van der Waals surface area contributed by atoms with Gasteiger partial charge in [-0.05, 0) is 24.3 Å². The molecule has 1 aromatic heterocycles. The normalized spacial score (nSPS) is 18.6. The van der Waals surface area contributed by atoms with Crippen molar-refractivity contribution in [3.05, 3.63) is 21.3 Å². The molecule has 13 heavy (non-hydrogen) atoms. The molecule has 0 atom stereocenters. The lowest BCUT2D eigenvalue weighted by atomic mass is 10.0. The summed E-state index contributed by atoms with van der Waals surface area (Å²) in [5, 5.41) is 2.40. The van der Waals surface area contributed by atoms with Crippen LogP contribution in [0.4, 0.5) is 0 Å². The van der Waals surface area contributed by atoms with Crippen LogP contribution in [0.15, 0.2) is 11.4 Å². The fraction of sp³-hybridized carbons (Fsp3) is 0.444. The lowest BCUT2D eigenvalue weighted by Crippen LogP contribution is -2.24. The molecule has 1 aromatic rings. The third kappa shape index (κ3) is 1.41. The Bertz CT molecular complexity index is 343. The third-order valence-electron chi connectivity index (χ3n) is 2.55. The van der Waals surface area contributed by atoms with E-state index in [9.17, 15) is 4.79 Å². The van der Waals surface area contributed by atoms with Crippen molar-refractivity contribution in [2.75, 3.05) is 6.54 Å². The maximum Gasteiger partial charge on any atom is 0.181 e. The van der Waals surface area contributed by atoms with Crippen molar-refractivity contribution in [3.63, 3.8) is 0 Å². The van der Waals surface area contributed by atoms with Crippen LogP contribution in [0.25, 0.3) is 0 Å². The highest BCUT2D eigenvalue weighted by Crippen LogP contribution is 2.48. The minimum absolute atomic E-state index is 0.134. The number of carbonyl (C=O) groups is 1. The summed E-state index contributed by atoms with van der Waals surface area (Å²) < 4.78 is 0. The molecule has 0 unspecified atom stereocenters. The molecular weight excluding hydrogens is 206 g/mol. The molecule has 1 aliphatic rings. The summed E-state index contributed by atoms with van der Waals surface area (Å²) in [4.78, 5) is 12.6. The number of nitrogens with two attached hydrogens (primary N) is 1. The van der Waals surface area contributed by atoms with Gasteiger partial charge >= 0.3 is 0 Å². The fourth-order valence-corrected chi connectivity index (χ4v) is 2.57. The number of rotatable bonds is 3. The van der Waals surface area contributed by atoms with Crippen molar-refractivity contribution in [1.29, 1.82) is 0 Å². The van der Waals surface area contributed by atoms with Gasteiger partial charge in [-0.1, -0.05) is 11.6 Å². The number of hydrogen-bond donors (Lipinski definition) is 1. The first-order valence-electron chi connectivity index (χ1n) is 4.17. The van der Waals surface area contributed by atoms with Gasteiger partial charge in [0, 0.05) is 12.0 Å². The summed E-state index contributed by atoms with van der Waals surface area (Å²) in [5.74, 6) is 0.134. The zero-order valence-corrected chi connectivity index (χ0v) is 8.62. The molecular formula is C9H10ClNOS. The average Bonchev–Trinajstić information content (AvgIpc) is 2.83. The predicted molar refractivity (Wildman–Crippen MR) is 54.4 cm³/mol. The Morgan fingerprint density at radius 2 is 2.38 bits per heavy atom. The minimum atomic E-state index is -0.269. The van der Waals surface area contributed by atoms with Gasteiger partial charge in [0.2, 0.25) is 0 Å². The van der Waals surface area contributed by atoms with Crippen molar-refractivity contribution < 1.29 is 4.79 Å². The molecule has 70 valence electrons. The zero-order chi connectivity index (χ0) is 9.47. The SMILES string of the molecule is NCC1(C(=O)c2sccc2Cl)CC1. The first kappa shape index (κ1) is 9.19. The van der Waals surface area contributed by atoms with E-state index in [-0.39, 0.29) is 11.2 Å². The maximum absolute atomic E-state index is 11.9. The van der Waals surface area contributed by atoms with Crippen molar-refractivity contribution in [3.8, 4) is 0 Å². The van der Waals surface area contributed by atoms with Crippen molar-refractivity contribution in [1.82, 2.24) is 0 Å². The van der Waals surface area contributed by atoms with E-state index >= 15 is 0 Å². The van der Waals surface area contributed by atoms with Gasteiger partial charge < -0.3 is 5.73 Å². The van der Waals surface area contributed by atoms with Gasteiger partial charge in [0.25, 0.3) is 0 Å². The highest BCUT2D eigenvalue weighted by molar-refractivity contribution is 7.12. The standard InChI is InChI=1S/C9H10ClNOS/c10-6-1-4-13-7(6)8(12)9(5-11)2-3-9/h1,4H,2-3,5,11H2. The van der Waals surface area contributed by atoms with E-state index < -0.39 is 0 Å². The maximum atomic E-state index is 11.9. The molecule has 0 radical (unpaired) electrons. The van der Waals surface area contributed by atoms with E-state index in [0.29, 0.717) is 16.4 Å². The largest absolute Gasteiger partial charge is 0.329 e. The fourth-order valence-electron chi connectivity index (χ4n) is 1.37. The monoisotopic (exact) mass is 215 g/mol. The summed E-state index contributed by atoms with van der Waals surface area (Å²) in [5.41, 5.74) is 5.30. The Morgan fingerprint density at radius 1 is 1.69 bits per heavy atom. The summed E-state index contributed by atoms with van der Waals surface area (Å²) in [6.07, 6.45) is 1.83. The Kier molecular flexibility index (Phi) is 2.18. The number of thiophene rings is 1. The molecule has 0 bridgehead atoms. The van der Waals surface area contributed by atoms with Crippen LogP contribution in [0.2, 0.25) is 5.02 Å². The number of Topliss-reactive ketones (excluding diaryl/α,β-unsaturated/α-hetero) is 1. The molecule has 0 saturated heterocycles. The molecule has 1 aliphatic carbocycles. The smallest absolute Gasteiger partial charge is 0.181 e. The Labute approximate surface area is 85.7 Å². The minimum Gasteiger partial charge on any atom is -0.329 e. The molecule has 0 aromatic carbocycles. The number of ketones is 1. The van der Waals surface area contributed by atoms with Gasteiger partial charge in [0.05, 0.1) is 9.90 Å². The second-order valence-corrected chi connectivity index (χ2v) is 4.73. The van der Waals surface area contributed by atoms with Crippen LogP contribution in [0, 0.1) is 5.41 Å². The van der Waals surface area contributed by atoms with Gasteiger partial charge in [0.15, 0.2) is 5.78 Å². The molecule has 4 heteroatoms. The van der Waals surface area contributed by atoms with Gasteiger partial charge in [0.1, 0.15) is 0 Å². The van der Waals surface area contributed by atoms with Gasteiger partial charge in [-0.2, -0.15) is 0 Å². The molecule has 2 rings (SSSR count). The second-order valence-electron chi connectivity index (χ2n) is 3.41. The molecule has 0 amide bonds. The molecule has 2 N–H and O–H groups in total. The van der Waals surface area contributed by atoms with Crippen molar-refractivity contribution >= 4 is 28.7 Å². The number of carbonyl (C=O) groups excluding carboxylic acids is 1. The molecule has 1 saturated carbocycles. The van der Waals surface area contributed by atoms with Gasteiger partial charge in [-0.25, -0.2) is 0 Å². The number of hydrogen-bond acceptors (Lipinski definition) is 3. The van der Waals surface area contributed by atoms with Gasteiger partial charge in [-0.15, -0.1) is 11.3 Å².